The molecule has 0 saturated carbocycles. The zero-order valence-electron chi connectivity index (χ0n) is 9.24. The predicted molar refractivity (Wildman–Crippen MR) is 63.3 cm³/mol. The fourth-order valence-corrected chi connectivity index (χ4v) is 1.74. The lowest BCUT2D eigenvalue weighted by atomic mass is 10.1. The summed E-state index contributed by atoms with van der Waals surface area (Å²) in [5.41, 5.74) is 0.572. The smallest absolute Gasteiger partial charge is 0.328 e. The van der Waals surface area contributed by atoms with E-state index in [4.69, 9.17) is 10.2 Å². The van der Waals surface area contributed by atoms with Crippen molar-refractivity contribution >= 4 is 21.8 Å². The third kappa shape index (κ3) is 4.48. The SMILES string of the molecule is NS(=O)(=O)c1ccc(CC(=O)/C=C/C(=O)O)cc1. The van der Waals surface area contributed by atoms with Gasteiger partial charge in [-0.25, -0.2) is 18.4 Å². The zero-order chi connectivity index (χ0) is 13.8. The highest BCUT2D eigenvalue weighted by Gasteiger charge is 2.07. The molecule has 0 saturated heterocycles. The highest BCUT2D eigenvalue weighted by molar-refractivity contribution is 7.89. The number of rotatable bonds is 5. The van der Waals surface area contributed by atoms with Crippen LogP contribution in [0.15, 0.2) is 41.3 Å². The summed E-state index contributed by atoms with van der Waals surface area (Å²) >= 11 is 0. The van der Waals surface area contributed by atoms with Crippen LogP contribution in [0.25, 0.3) is 0 Å². The number of benzene rings is 1. The van der Waals surface area contributed by atoms with Crippen molar-refractivity contribution in [2.75, 3.05) is 0 Å². The Kier molecular flexibility index (Phi) is 4.35. The quantitative estimate of drug-likeness (QED) is 0.735. The van der Waals surface area contributed by atoms with Gasteiger partial charge in [-0.3, -0.25) is 4.79 Å². The van der Waals surface area contributed by atoms with Crippen LogP contribution in [0.2, 0.25) is 0 Å². The van der Waals surface area contributed by atoms with Crippen molar-refractivity contribution in [1.82, 2.24) is 0 Å². The molecule has 3 N–H and O–H groups in total. The molecule has 18 heavy (non-hydrogen) atoms. The number of nitrogens with two attached hydrogens (primary N) is 1. The van der Waals surface area contributed by atoms with Crippen molar-refractivity contribution in [2.45, 2.75) is 11.3 Å². The van der Waals surface area contributed by atoms with Gasteiger partial charge in [-0.05, 0) is 23.8 Å². The molecular formula is C11H11NO5S. The van der Waals surface area contributed by atoms with Gasteiger partial charge in [0.1, 0.15) is 0 Å². The average molecular weight is 269 g/mol. The number of carbonyl (C=O) groups excluding carboxylic acids is 1. The molecule has 0 radical (unpaired) electrons. The van der Waals surface area contributed by atoms with Crippen LogP contribution < -0.4 is 5.14 Å². The Labute approximate surface area is 104 Å². The van der Waals surface area contributed by atoms with Gasteiger partial charge in [-0.2, -0.15) is 0 Å². The Morgan fingerprint density at radius 1 is 1.17 bits per heavy atom. The van der Waals surface area contributed by atoms with Gasteiger partial charge in [0.2, 0.25) is 10.0 Å². The zero-order valence-corrected chi connectivity index (χ0v) is 10.1. The van der Waals surface area contributed by atoms with Gasteiger partial charge >= 0.3 is 5.97 Å². The Hall–Kier alpha value is -1.99. The Balaban J connectivity index is 2.76. The number of aliphatic carboxylic acids is 1. The van der Waals surface area contributed by atoms with Crippen LogP contribution in [0.4, 0.5) is 0 Å². The maximum absolute atomic E-state index is 11.3. The van der Waals surface area contributed by atoms with E-state index in [1.807, 2.05) is 0 Å². The molecule has 0 atom stereocenters. The summed E-state index contributed by atoms with van der Waals surface area (Å²) in [6, 6.07) is 5.48. The van der Waals surface area contributed by atoms with Gasteiger partial charge in [0.25, 0.3) is 0 Å². The van der Waals surface area contributed by atoms with Gasteiger partial charge in [0.15, 0.2) is 5.78 Å². The van der Waals surface area contributed by atoms with Crippen LogP contribution in [-0.4, -0.2) is 25.3 Å². The number of sulfonamides is 1. The van der Waals surface area contributed by atoms with E-state index in [1.165, 1.54) is 24.3 Å². The molecule has 0 aliphatic rings. The lowest BCUT2D eigenvalue weighted by molar-refractivity contribution is -0.131. The van der Waals surface area contributed by atoms with Crippen LogP contribution in [0.3, 0.4) is 0 Å². The minimum absolute atomic E-state index is 0.00528. The van der Waals surface area contributed by atoms with E-state index in [0.717, 1.165) is 12.2 Å². The maximum Gasteiger partial charge on any atom is 0.328 e. The Bertz CT molecular complexity index is 586. The highest BCUT2D eigenvalue weighted by atomic mass is 32.2. The molecule has 1 aromatic carbocycles. The largest absolute Gasteiger partial charge is 0.478 e. The first-order valence-corrected chi connectivity index (χ1v) is 6.39. The van der Waals surface area contributed by atoms with E-state index in [9.17, 15) is 18.0 Å². The number of carbonyl (C=O) groups is 2. The van der Waals surface area contributed by atoms with Gasteiger partial charge in [0, 0.05) is 12.5 Å². The molecule has 0 aromatic heterocycles. The second-order valence-electron chi connectivity index (χ2n) is 3.50. The van der Waals surface area contributed by atoms with E-state index in [0.29, 0.717) is 5.56 Å². The molecule has 0 fully saturated rings. The summed E-state index contributed by atoms with van der Waals surface area (Å²) in [6.45, 7) is 0. The van der Waals surface area contributed by atoms with E-state index in [2.05, 4.69) is 0 Å². The topological polar surface area (TPSA) is 115 Å². The van der Waals surface area contributed by atoms with Crippen LogP contribution in [0.1, 0.15) is 5.56 Å². The first-order chi connectivity index (χ1) is 8.29. The van der Waals surface area contributed by atoms with Crippen molar-refractivity contribution in [3.63, 3.8) is 0 Å². The molecule has 0 aliphatic heterocycles. The summed E-state index contributed by atoms with van der Waals surface area (Å²) in [4.78, 5) is 21.5. The third-order valence-electron chi connectivity index (χ3n) is 2.04. The highest BCUT2D eigenvalue weighted by Crippen LogP contribution is 2.09. The monoisotopic (exact) mass is 269 g/mol. The Morgan fingerprint density at radius 2 is 1.72 bits per heavy atom. The number of hydrogen-bond acceptors (Lipinski definition) is 4. The summed E-state index contributed by atoms with van der Waals surface area (Å²) in [5.74, 6) is -1.59. The molecule has 1 rings (SSSR count). The van der Waals surface area contributed by atoms with Crippen molar-refractivity contribution in [1.29, 1.82) is 0 Å². The molecule has 6 nitrogen and oxygen atoms in total. The number of ketones is 1. The van der Waals surface area contributed by atoms with E-state index >= 15 is 0 Å². The normalized spacial score (nSPS) is 11.6. The number of hydrogen-bond donors (Lipinski definition) is 2. The van der Waals surface area contributed by atoms with Gasteiger partial charge in [-0.15, -0.1) is 0 Å². The fraction of sp³-hybridized carbons (Fsp3) is 0.0909. The summed E-state index contributed by atoms with van der Waals surface area (Å²) < 4.78 is 22.0. The lowest BCUT2D eigenvalue weighted by Gasteiger charge is -2.00. The van der Waals surface area contributed by atoms with Crippen LogP contribution in [0, 0.1) is 0 Å². The first-order valence-electron chi connectivity index (χ1n) is 4.84. The lowest BCUT2D eigenvalue weighted by Crippen LogP contribution is -2.12. The molecule has 0 heterocycles. The van der Waals surface area contributed by atoms with E-state index < -0.39 is 16.0 Å². The number of carboxylic acid groups (broad SMARTS) is 1. The summed E-state index contributed by atoms with van der Waals surface area (Å²) in [5, 5.41) is 13.3. The molecule has 0 amide bonds. The molecular weight excluding hydrogens is 258 g/mol. The second-order valence-corrected chi connectivity index (χ2v) is 5.07. The maximum atomic E-state index is 11.3. The second kappa shape index (κ2) is 5.56. The average Bonchev–Trinajstić information content (AvgIpc) is 2.26. The molecule has 96 valence electrons. The molecule has 0 spiro atoms. The van der Waals surface area contributed by atoms with Crippen LogP contribution in [-0.2, 0) is 26.0 Å². The van der Waals surface area contributed by atoms with E-state index in [-0.39, 0.29) is 17.1 Å². The first kappa shape index (κ1) is 14.1. The third-order valence-corrected chi connectivity index (χ3v) is 2.97. The molecule has 7 heteroatoms. The van der Waals surface area contributed by atoms with E-state index in [1.54, 1.807) is 0 Å². The predicted octanol–water partition coefficient (Wildman–Crippen LogP) is 0.0864. The number of carboxylic acids is 1. The summed E-state index contributed by atoms with van der Waals surface area (Å²) in [7, 11) is -3.75. The van der Waals surface area contributed by atoms with Crippen LogP contribution >= 0.6 is 0 Å². The standard InChI is InChI=1S/C11H11NO5S/c12-18(16,17)10-4-1-8(2-5-10)7-9(13)3-6-11(14)15/h1-6H,7H2,(H,14,15)(H2,12,16,17)/b6-3+. The fourth-order valence-electron chi connectivity index (χ4n) is 1.22. The van der Waals surface area contributed by atoms with Crippen molar-refractivity contribution < 1.29 is 23.1 Å². The molecule has 1 aromatic rings. The minimum atomic E-state index is -3.75. The summed E-state index contributed by atoms with van der Waals surface area (Å²) in [6.07, 6.45) is 1.70. The van der Waals surface area contributed by atoms with Crippen molar-refractivity contribution in [3.05, 3.63) is 42.0 Å². The molecule has 0 unspecified atom stereocenters. The Morgan fingerprint density at radius 3 is 2.17 bits per heavy atom. The van der Waals surface area contributed by atoms with Crippen LogP contribution in [0.5, 0.6) is 0 Å². The number of primary sulfonamides is 1. The van der Waals surface area contributed by atoms with Gasteiger partial charge < -0.3 is 5.11 Å². The van der Waals surface area contributed by atoms with Gasteiger partial charge in [0.05, 0.1) is 4.90 Å². The van der Waals surface area contributed by atoms with Crippen molar-refractivity contribution in [2.24, 2.45) is 5.14 Å². The minimum Gasteiger partial charge on any atom is -0.478 e. The van der Waals surface area contributed by atoms with Gasteiger partial charge in [-0.1, -0.05) is 12.1 Å². The molecule has 0 bridgehead atoms. The number of allylic oxidation sites excluding steroid dienone is 1. The molecule has 0 aliphatic carbocycles. The van der Waals surface area contributed by atoms with Crippen molar-refractivity contribution in [3.8, 4) is 0 Å².